The average molecular weight is 275 g/mol. The van der Waals surface area contributed by atoms with E-state index in [1.807, 2.05) is 0 Å². The van der Waals surface area contributed by atoms with Gasteiger partial charge in [0.15, 0.2) is 4.21 Å². The van der Waals surface area contributed by atoms with E-state index in [1.165, 1.54) is 15.6 Å². The van der Waals surface area contributed by atoms with E-state index in [2.05, 4.69) is 10.3 Å². The molecule has 2 heterocycles. The Morgan fingerprint density at radius 1 is 1.47 bits per heavy atom. The van der Waals surface area contributed by atoms with Crippen molar-refractivity contribution in [2.45, 2.75) is 30.0 Å². The summed E-state index contributed by atoms with van der Waals surface area (Å²) >= 11 is 1.19. The number of piperidine rings is 1. The molecule has 1 aromatic heterocycles. The number of thiazole rings is 1. The molecule has 2 rings (SSSR count). The number of aromatic nitrogens is 1. The molecule has 1 aromatic rings. The standard InChI is InChI=1S/C10H17N3O2S2/c1-8-10(16-7-12-8)17(14,15)13(2)9-3-5-11-6-4-9/h7,9,11H,3-6H2,1-2H3. The van der Waals surface area contributed by atoms with Crippen LogP contribution in [0.15, 0.2) is 9.72 Å². The zero-order valence-corrected chi connectivity index (χ0v) is 11.6. The fourth-order valence-electron chi connectivity index (χ4n) is 2.04. The van der Waals surface area contributed by atoms with Crippen LogP contribution in [0.2, 0.25) is 0 Å². The molecule has 1 aliphatic rings. The van der Waals surface area contributed by atoms with Gasteiger partial charge in [-0.05, 0) is 32.9 Å². The zero-order chi connectivity index (χ0) is 12.5. The molecule has 1 aliphatic heterocycles. The van der Waals surface area contributed by atoms with Crippen LogP contribution in [0.4, 0.5) is 0 Å². The Balaban J connectivity index is 2.23. The second-order valence-electron chi connectivity index (χ2n) is 4.23. The summed E-state index contributed by atoms with van der Waals surface area (Å²) in [6.07, 6.45) is 1.74. The maximum Gasteiger partial charge on any atom is 0.254 e. The van der Waals surface area contributed by atoms with Crippen molar-refractivity contribution in [2.75, 3.05) is 20.1 Å². The fourth-order valence-corrected chi connectivity index (χ4v) is 4.82. The van der Waals surface area contributed by atoms with Crippen LogP contribution in [0.25, 0.3) is 0 Å². The molecule has 0 atom stereocenters. The van der Waals surface area contributed by atoms with Gasteiger partial charge in [0.05, 0.1) is 11.2 Å². The van der Waals surface area contributed by atoms with E-state index < -0.39 is 10.0 Å². The highest BCUT2D eigenvalue weighted by molar-refractivity contribution is 7.91. The molecule has 0 spiro atoms. The maximum atomic E-state index is 12.4. The number of sulfonamides is 1. The first kappa shape index (κ1) is 12.9. The van der Waals surface area contributed by atoms with Gasteiger partial charge < -0.3 is 5.32 Å². The monoisotopic (exact) mass is 275 g/mol. The smallest absolute Gasteiger partial charge is 0.254 e. The van der Waals surface area contributed by atoms with E-state index in [4.69, 9.17) is 0 Å². The molecule has 1 N–H and O–H groups in total. The van der Waals surface area contributed by atoms with Gasteiger partial charge in [-0.15, -0.1) is 11.3 Å². The molecule has 0 saturated carbocycles. The van der Waals surface area contributed by atoms with E-state index in [-0.39, 0.29) is 6.04 Å². The third-order valence-corrected chi connectivity index (χ3v) is 6.60. The normalized spacial score (nSPS) is 18.8. The van der Waals surface area contributed by atoms with E-state index >= 15 is 0 Å². The van der Waals surface area contributed by atoms with Crippen molar-refractivity contribution in [1.82, 2.24) is 14.6 Å². The highest BCUT2D eigenvalue weighted by atomic mass is 32.2. The van der Waals surface area contributed by atoms with Crippen LogP contribution in [0.5, 0.6) is 0 Å². The summed E-state index contributed by atoms with van der Waals surface area (Å²) in [5.41, 5.74) is 2.18. The Labute approximate surface area is 106 Å². The van der Waals surface area contributed by atoms with Crippen molar-refractivity contribution >= 4 is 21.4 Å². The SMILES string of the molecule is Cc1ncsc1S(=O)(=O)N(C)C1CCNCC1. The summed E-state index contributed by atoms with van der Waals surface area (Å²) in [7, 11) is -1.69. The molecule has 0 unspecified atom stereocenters. The number of hydrogen-bond acceptors (Lipinski definition) is 5. The van der Waals surface area contributed by atoms with Crippen LogP contribution in [0, 0.1) is 6.92 Å². The molecule has 96 valence electrons. The molecule has 1 fully saturated rings. The summed E-state index contributed by atoms with van der Waals surface area (Å²) in [5.74, 6) is 0. The largest absolute Gasteiger partial charge is 0.317 e. The Hall–Kier alpha value is -0.500. The van der Waals surface area contributed by atoms with Crippen LogP contribution in [-0.4, -0.2) is 43.9 Å². The highest BCUT2D eigenvalue weighted by Gasteiger charge is 2.31. The quantitative estimate of drug-likeness (QED) is 0.887. The number of nitrogens with one attached hydrogen (secondary N) is 1. The number of aryl methyl sites for hydroxylation is 1. The van der Waals surface area contributed by atoms with Crippen LogP contribution < -0.4 is 5.32 Å². The molecule has 7 heteroatoms. The van der Waals surface area contributed by atoms with E-state index in [0.29, 0.717) is 9.90 Å². The van der Waals surface area contributed by atoms with Crippen molar-refractivity contribution in [1.29, 1.82) is 0 Å². The van der Waals surface area contributed by atoms with Crippen molar-refractivity contribution in [3.8, 4) is 0 Å². The fraction of sp³-hybridized carbons (Fsp3) is 0.700. The number of nitrogens with zero attached hydrogens (tertiary/aromatic N) is 2. The number of rotatable bonds is 3. The van der Waals surface area contributed by atoms with Crippen LogP contribution in [0.3, 0.4) is 0 Å². The first-order valence-electron chi connectivity index (χ1n) is 5.62. The summed E-state index contributed by atoms with van der Waals surface area (Å²) in [6, 6.07) is 0.0998. The summed E-state index contributed by atoms with van der Waals surface area (Å²) in [5, 5.41) is 3.24. The molecular weight excluding hydrogens is 258 g/mol. The van der Waals surface area contributed by atoms with Crippen molar-refractivity contribution < 1.29 is 8.42 Å². The topological polar surface area (TPSA) is 62.3 Å². The Morgan fingerprint density at radius 3 is 2.65 bits per heavy atom. The third kappa shape index (κ3) is 2.52. The van der Waals surface area contributed by atoms with E-state index in [1.54, 1.807) is 19.5 Å². The molecule has 0 amide bonds. The second kappa shape index (κ2) is 5.01. The lowest BCUT2D eigenvalue weighted by molar-refractivity contribution is 0.297. The summed E-state index contributed by atoms with van der Waals surface area (Å²) in [6.45, 7) is 3.50. The zero-order valence-electron chi connectivity index (χ0n) is 10.0. The van der Waals surface area contributed by atoms with Crippen molar-refractivity contribution in [3.63, 3.8) is 0 Å². The lowest BCUT2D eigenvalue weighted by Crippen LogP contribution is -2.43. The summed E-state index contributed by atoms with van der Waals surface area (Å²) in [4.78, 5) is 4.01. The highest BCUT2D eigenvalue weighted by Crippen LogP contribution is 2.25. The van der Waals surface area contributed by atoms with Gasteiger partial charge in [-0.1, -0.05) is 0 Å². The van der Waals surface area contributed by atoms with Gasteiger partial charge in [-0.2, -0.15) is 4.31 Å². The lowest BCUT2D eigenvalue weighted by atomic mass is 10.1. The van der Waals surface area contributed by atoms with Crippen LogP contribution in [0.1, 0.15) is 18.5 Å². The molecule has 1 saturated heterocycles. The minimum atomic E-state index is -3.36. The van der Waals surface area contributed by atoms with Crippen LogP contribution >= 0.6 is 11.3 Å². The predicted octanol–water partition coefficient (Wildman–Crippen LogP) is 0.824. The predicted molar refractivity (Wildman–Crippen MR) is 67.7 cm³/mol. The Kier molecular flexibility index (Phi) is 3.82. The van der Waals surface area contributed by atoms with Gasteiger partial charge in [0, 0.05) is 13.1 Å². The number of hydrogen-bond donors (Lipinski definition) is 1. The van der Waals surface area contributed by atoms with Gasteiger partial charge >= 0.3 is 0 Å². The molecule has 0 aromatic carbocycles. The first-order chi connectivity index (χ1) is 8.03. The minimum absolute atomic E-state index is 0.0998. The van der Waals surface area contributed by atoms with Crippen molar-refractivity contribution in [2.24, 2.45) is 0 Å². The van der Waals surface area contributed by atoms with Gasteiger partial charge in [0.2, 0.25) is 0 Å². The van der Waals surface area contributed by atoms with Gasteiger partial charge in [0.25, 0.3) is 10.0 Å². The minimum Gasteiger partial charge on any atom is -0.317 e. The Morgan fingerprint density at radius 2 is 2.12 bits per heavy atom. The Bertz CT molecular complexity index is 477. The lowest BCUT2D eigenvalue weighted by Gasteiger charge is -2.30. The molecule has 5 nitrogen and oxygen atoms in total. The molecule has 0 bridgehead atoms. The van der Waals surface area contributed by atoms with Gasteiger partial charge in [-0.3, -0.25) is 0 Å². The molecule has 0 aliphatic carbocycles. The van der Waals surface area contributed by atoms with Crippen LogP contribution in [-0.2, 0) is 10.0 Å². The molecule has 0 radical (unpaired) electrons. The maximum absolute atomic E-state index is 12.4. The van der Waals surface area contributed by atoms with Gasteiger partial charge in [0.1, 0.15) is 0 Å². The average Bonchev–Trinajstić information content (AvgIpc) is 2.76. The van der Waals surface area contributed by atoms with E-state index in [0.717, 1.165) is 25.9 Å². The summed E-state index contributed by atoms with van der Waals surface area (Å²) < 4.78 is 26.7. The molecule has 17 heavy (non-hydrogen) atoms. The van der Waals surface area contributed by atoms with E-state index in [9.17, 15) is 8.42 Å². The second-order valence-corrected chi connectivity index (χ2v) is 7.28. The van der Waals surface area contributed by atoms with Crippen molar-refractivity contribution in [3.05, 3.63) is 11.2 Å². The first-order valence-corrected chi connectivity index (χ1v) is 7.94. The third-order valence-electron chi connectivity index (χ3n) is 3.14. The van der Waals surface area contributed by atoms with Gasteiger partial charge in [-0.25, -0.2) is 13.4 Å². The molecular formula is C10H17N3O2S2.